The number of hydrogen-bond acceptors (Lipinski definition) is 2. The zero-order chi connectivity index (χ0) is 17.1. The highest BCUT2D eigenvalue weighted by molar-refractivity contribution is 5.88. The van der Waals surface area contributed by atoms with Crippen LogP contribution >= 0.6 is 0 Å². The summed E-state index contributed by atoms with van der Waals surface area (Å²) in [5.41, 5.74) is 4.33. The van der Waals surface area contributed by atoms with Gasteiger partial charge >= 0.3 is 0 Å². The maximum Gasteiger partial charge on any atom is 0.227 e. The lowest BCUT2D eigenvalue weighted by atomic mass is 10.1. The fraction of sp³-hybridized carbons (Fsp3) is 0.300. The topological polar surface area (TPSA) is 49.0 Å². The molecule has 0 saturated heterocycles. The highest BCUT2D eigenvalue weighted by atomic mass is 16.2. The van der Waals surface area contributed by atoms with E-state index < -0.39 is 0 Å². The van der Waals surface area contributed by atoms with Gasteiger partial charge in [-0.25, -0.2) is 0 Å². The summed E-state index contributed by atoms with van der Waals surface area (Å²) in [5, 5.41) is 1.12. The van der Waals surface area contributed by atoms with E-state index in [2.05, 4.69) is 35.9 Å². The summed E-state index contributed by atoms with van der Waals surface area (Å²) in [6, 6.07) is 12.2. The molecule has 4 nitrogen and oxygen atoms in total. The Hall–Kier alpha value is -2.62. The molecule has 0 bridgehead atoms. The summed E-state index contributed by atoms with van der Waals surface area (Å²) in [6.45, 7) is 4.12. The van der Waals surface area contributed by atoms with Crippen LogP contribution in [0, 0.1) is 6.92 Å². The van der Waals surface area contributed by atoms with Crippen LogP contribution in [-0.2, 0) is 17.6 Å². The first-order valence-electron chi connectivity index (χ1n) is 8.27. The minimum atomic E-state index is 0.108. The fourth-order valence-corrected chi connectivity index (χ4v) is 2.96. The Labute approximate surface area is 142 Å². The van der Waals surface area contributed by atoms with E-state index in [4.69, 9.17) is 0 Å². The summed E-state index contributed by atoms with van der Waals surface area (Å²) < 4.78 is 0. The number of hydrogen-bond donors (Lipinski definition) is 1. The predicted molar refractivity (Wildman–Crippen MR) is 96.9 cm³/mol. The van der Waals surface area contributed by atoms with Crippen LogP contribution < -0.4 is 0 Å². The van der Waals surface area contributed by atoms with Crippen molar-refractivity contribution >= 4 is 16.8 Å². The van der Waals surface area contributed by atoms with Crippen LogP contribution in [0.2, 0.25) is 0 Å². The maximum atomic E-state index is 12.6. The normalized spacial score (nSPS) is 12.3. The summed E-state index contributed by atoms with van der Waals surface area (Å²) in [4.78, 5) is 22.1. The lowest BCUT2D eigenvalue weighted by molar-refractivity contribution is -0.130. The second kappa shape index (κ2) is 6.87. The number of aryl methyl sites for hydroxylation is 1. The van der Waals surface area contributed by atoms with E-state index in [1.54, 1.807) is 0 Å². The second-order valence-electron chi connectivity index (χ2n) is 6.42. The van der Waals surface area contributed by atoms with Crippen molar-refractivity contribution in [3.05, 3.63) is 65.6 Å². The van der Waals surface area contributed by atoms with Gasteiger partial charge in [-0.3, -0.25) is 9.78 Å². The van der Waals surface area contributed by atoms with Crippen LogP contribution in [0.4, 0.5) is 0 Å². The van der Waals surface area contributed by atoms with E-state index in [1.165, 1.54) is 5.56 Å². The van der Waals surface area contributed by atoms with Crippen LogP contribution in [0.15, 0.2) is 48.8 Å². The first kappa shape index (κ1) is 16.2. The Balaban J connectivity index is 1.67. The standard InChI is InChI=1S/C20H23N3O/c1-14-8-9-21-17(10-14)11-15(2)23(3)20(24)12-16-13-22-19-7-5-4-6-18(16)19/h4-10,13,15,22H,11-12H2,1-3H3. The molecule has 4 heteroatoms. The molecule has 3 rings (SSSR count). The number of aromatic amines is 1. The Morgan fingerprint density at radius 2 is 2.08 bits per heavy atom. The molecule has 2 aromatic heterocycles. The van der Waals surface area contributed by atoms with Crippen molar-refractivity contribution in [1.29, 1.82) is 0 Å². The highest BCUT2D eigenvalue weighted by Gasteiger charge is 2.18. The van der Waals surface area contributed by atoms with Gasteiger partial charge in [-0.15, -0.1) is 0 Å². The first-order chi connectivity index (χ1) is 11.5. The SMILES string of the molecule is Cc1ccnc(CC(C)N(C)C(=O)Cc2c[nH]c3ccccc23)c1. The van der Waals surface area contributed by atoms with Gasteiger partial charge in [0.15, 0.2) is 0 Å². The molecule has 1 N–H and O–H groups in total. The number of para-hydroxylation sites is 1. The average Bonchev–Trinajstić information content (AvgIpc) is 2.97. The van der Waals surface area contributed by atoms with Crippen molar-refractivity contribution in [1.82, 2.24) is 14.9 Å². The average molecular weight is 321 g/mol. The molecular weight excluding hydrogens is 298 g/mol. The van der Waals surface area contributed by atoms with Crippen LogP contribution in [0.1, 0.15) is 23.7 Å². The first-order valence-corrected chi connectivity index (χ1v) is 8.27. The van der Waals surface area contributed by atoms with Gasteiger partial charge < -0.3 is 9.88 Å². The Morgan fingerprint density at radius 1 is 1.29 bits per heavy atom. The minimum Gasteiger partial charge on any atom is -0.361 e. The quantitative estimate of drug-likeness (QED) is 0.782. The van der Waals surface area contributed by atoms with Gasteiger partial charge in [-0.05, 0) is 43.2 Å². The zero-order valence-electron chi connectivity index (χ0n) is 14.4. The van der Waals surface area contributed by atoms with Crippen LogP contribution in [0.3, 0.4) is 0 Å². The fourth-order valence-electron chi connectivity index (χ4n) is 2.96. The number of pyridine rings is 1. The number of nitrogens with one attached hydrogen (secondary N) is 1. The third-order valence-corrected chi connectivity index (χ3v) is 4.55. The van der Waals surface area contributed by atoms with Crippen molar-refractivity contribution in [2.24, 2.45) is 0 Å². The molecule has 0 aliphatic heterocycles. The number of likely N-dealkylation sites (N-methyl/N-ethyl adjacent to an activating group) is 1. The summed E-state index contributed by atoms with van der Waals surface area (Å²) in [6.07, 6.45) is 4.93. The number of amides is 1. The molecule has 0 aliphatic rings. The molecule has 0 spiro atoms. The van der Waals surface area contributed by atoms with E-state index >= 15 is 0 Å². The Kier molecular flexibility index (Phi) is 4.65. The molecule has 24 heavy (non-hydrogen) atoms. The van der Waals surface area contributed by atoms with Gasteiger partial charge in [0, 0.05) is 48.5 Å². The van der Waals surface area contributed by atoms with Crippen molar-refractivity contribution < 1.29 is 4.79 Å². The van der Waals surface area contributed by atoms with Crippen LogP contribution in [0.25, 0.3) is 10.9 Å². The number of nitrogens with zero attached hydrogens (tertiary/aromatic N) is 2. The minimum absolute atomic E-state index is 0.108. The lowest BCUT2D eigenvalue weighted by Gasteiger charge is -2.25. The third-order valence-electron chi connectivity index (χ3n) is 4.55. The van der Waals surface area contributed by atoms with Crippen LogP contribution in [0.5, 0.6) is 0 Å². The van der Waals surface area contributed by atoms with Crippen molar-refractivity contribution in [3.8, 4) is 0 Å². The number of rotatable bonds is 5. The van der Waals surface area contributed by atoms with Gasteiger partial charge in [-0.2, -0.15) is 0 Å². The van der Waals surface area contributed by atoms with Gasteiger partial charge in [0.1, 0.15) is 0 Å². The number of H-pyrrole nitrogens is 1. The molecule has 0 radical (unpaired) electrons. The van der Waals surface area contributed by atoms with Gasteiger partial charge in [0.25, 0.3) is 0 Å². The molecule has 1 atom stereocenters. The van der Waals surface area contributed by atoms with Crippen molar-refractivity contribution in [2.75, 3.05) is 7.05 Å². The smallest absolute Gasteiger partial charge is 0.227 e. The molecule has 124 valence electrons. The monoisotopic (exact) mass is 321 g/mol. The molecule has 0 fully saturated rings. The number of fused-ring (bicyclic) bond motifs is 1. The summed E-state index contributed by atoms with van der Waals surface area (Å²) >= 11 is 0. The van der Waals surface area contributed by atoms with E-state index in [0.717, 1.165) is 28.6 Å². The van der Waals surface area contributed by atoms with Crippen molar-refractivity contribution in [3.63, 3.8) is 0 Å². The van der Waals surface area contributed by atoms with Gasteiger partial charge in [0.05, 0.1) is 6.42 Å². The van der Waals surface area contributed by atoms with E-state index in [9.17, 15) is 4.79 Å². The van der Waals surface area contributed by atoms with Crippen LogP contribution in [-0.4, -0.2) is 33.9 Å². The number of carbonyl (C=O) groups is 1. The van der Waals surface area contributed by atoms with E-state index in [1.807, 2.05) is 48.6 Å². The largest absolute Gasteiger partial charge is 0.361 e. The van der Waals surface area contributed by atoms with E-state index in [-0.39, 0.29) is 11.9 Å². The summed E-state index contributed by atoms with van der Waals surface area (Å²) in [7, 11) is 1.87. The molecule has 0 saturated carbocycles. The number of carbonyl (C=O) groups excluding carboxylic acids is 1. The Bertz CT molecular complexity index is 853. The van der Waals surface area contributed by atoms with E-state index in [0.29, 0.717) is 6.42 Å². The lowest BCUT2D eigenvalue weighted by Crippen LogP contribution is -2.37. The zero-order valence-corrected chi connectivity index (χ0v) is 14.4. The molecule has 1 aromatic carbocycles. The molecular formula is C20H23N3O. The maximum absolute atomic E-state index is 12.6. The molecule has 1 amide bonds. The molecule has 2 heterocycles. The molecule has 0 aliphatic carbocycles. The van der Waals surface area contributed by atoms with Gasteiger partial charge in [0.2, 0.25) is 5.91 Å². The molecule has 1 unspecified atom stereocenters. The highest BCUT2D eigenvalue weighted by Crippen LogP contribution is 2.19. The predicted octanol–water partition coefficient (Wildman–Crippen LogP) is 3.50. The molecule has 3 aromatic rings. The summed E-state index contributed by atoms with van der Waals surface area (Å²) in [5.74, 6) is 0.125. The second-order valence-corrected chi connectivity index (χ2v) is 6.42. The Morgan fingerprint density at radius 3 is 2.88 bits per heavy atom. The number of aromatic nitrogens is 2. The number of benzene rings is 1. The van der Waals surface area contributed by atoms with Gasteiger partial charge in [-0.1, -0.05) is 18.2 Å². The third kappa shape index (κ3) is 3.48. The van der Waals surface area contributed by atoms with Crippen molar-refractivity contribution in [2.45, 2.75) is 32.7 Å².